The molecule has 5 rings (SSSR count). The zero-order valence-corrected chi connectivity index (χ0v) is 18.5. The predicted molar refractivity (Wildman–Crippen MR) is 117 cm³/mol. The number of aromatic nitrogens is 2. The molecule has 0 unspecified atom stereocenters. The second-order valence-electron chi connectivity index (χ2n) is 8.48. The van der Waals surface area contributed by atoms with E-state index in [-0.39, 0.29) is 34.6 Å². The zero-order chi connectivity index (χ0) is 23.8. The molecule has 3 aromatic rings. The van der Waals surface area contributed by atoms with Gasteiger partial charge in [0.1, 0.15) is 22.8 Å². The molecule has 34 heavy (non-hydrogen) atoms. The van der Waals surface area contributed by atoms with Crippen LogP contribution < -0.4 is 14.8 Å². The third kappa shape index (κ3) is 4.29. The molecule has 0 atom stereocenters. The summed E-state index contributed by atoms with van der Waals surface area (Å²) in [6.07, 6.45) is 5.81. The van der Waals surface area contributed by atoms with Gasteiger partial charge >= 0.3 is 6.61 Å². The normalized spacial score (nSPS) is 16.7. The largest absolute Gasteiger partial charge is 0.496 e. The molecule has 1 aromatic carbocycles. The van der Waals surface area contributed by atoms with E-state index in [1.54, 1.807) is 6.07 Å². The van der Waals surface area contributed by atoms with Gasteiger partial charge in [-0.05, 0) is 55.4 Å². The van der Waals surface area contributed by atoms with Crippen molar-refractivity contribution in [3.63, 3.8) is 0 Å². The first-order valence-electron chi connectivity index (χ1n) is 11.2. The van der Waals surface area contributed by atoms with Crippen molar-refractivity contribution in [2.24, 2.45) is 0 Å². The third-order valence-corrected chi connectivity index (χ3v) is 6.25. The number of alkyl halides is 2. The Bertz CT molecular complexity index is 1220. The zero-order valence-electron chi connectivity index (χ0n) is 18.5. The minimum atomic E-state index is -3.19. The van der Waals surface area contributed by atoms with Gasteiger partial charge in [-0.3, -0.25) is 9.20 Å². The number of imidazole rings is 1. The topological polar surface area (TPSA) is 74.1 Å². The lowest BCUT2D eigenvalue weighted by Crippen LogP contribution is -2.27. The molecule has 1 aliphatic carbocycles. The molecule has 2 aliphatic rings. The average Bonchev–Trinajstić information content (AvgIpc) is 3.55. The molecule has 0 spiro atoms. The van der Waals surface area contributed by atoms with Crippen LogP contribution in [0.15, 0.2) is 30.6 Å². The Morgan fingerprint density at radius 3 is 2.68 bits per heavy atom. The monoisotopic (exact) mass is 475 g/mol. The molecule has 180 valence electrons. The first-order chi connectivity index (χ1) is 16.5. The number of benzene rings is 1. The number of rotatable bonds is 7. The van der Waals surface area contributed by atoms with Gasteiger partial charge in [-0.2, -0.15) is 8.78 Å². The summed E-state index contributed by atoms with van der Waals surface area (Å²) in [6.45, 7) is -2.05. The number of nitrogens with one attached hydrogen (secondary N) is 1. The summed E-state index contributed by atoms with van der Waals surface area (Å²) in [7, 11) is 1.34. The summed E-state index contributed by atoms with van der Waals surface area (Å²) >= 11 is 0. The third-order valence-electron chi connectivity index (χ3n) is 6.25. The maximum atomic E-state index is 15.1. The van der Waals surface area contributed by atoms with E-state index < -0.39 is 18.3 Å². The average molecular weight is 475 g/mol. The molecule has 2 fully saturated rings. The predicted octanol–water partition coefficient (Wildman–Crippen LogP) is 4.54. The summed E-state index contributed by atoms with van der Waals surface area (Å²) in [5.74, 6) is -1.22. The van der Waals surface area contributed by atoms with Crippen LogP contribution in [0, 0.1) is 5.82 Å². The van der Waals surface area contributed by atoms with Crippen molar-refractivity contribution in [3.05, 3.63) is 47.5 Å². The van der Waals surface area contributed by atoms with Crippen LogP contribution in [0.25, 0.3) is 16.9 Å². The van der Waals surface area contributed by atoms with E-state index in [9.17, 15) is 13.6 Å². The highest BCUT2D eigenvalue weighted by Crippen LogP contribution is 2.41. The SMILES string of the molecule is COc1ccc(-c2cnc3cc(C4CCOCC4)c(F)cn23)c(OC(F)F)c1C(=O)NC1CC1. The van der Waals surface area contributed by atoms with Crippen molar-refractivity contribution in [1.82, 2.24) is 14.7 Å². The van der Waals surface area contributed by atoms with Crippen LogP contribution in [-0.2, 0) is 4.74 Å². The minimum Gasteiger partial charge on any atom is -0.496 e. The van der Waals surface area contributed by atoms with Crippen molar-refractivity contribution >= 4 is 11.6 Å². The lowest BCUT2D eigenvalue weighted by molar-refractivity contribution is -0.0498. The molecule has 0 bridgehead atoms. The molecular weight excluding hydrogens is 451 g/mol. The van der Waals surface area contributed by atoms with Crippen LogP contribution >= 0.6 is 0 Å². The smallest absolute Gasteiger partial charge is 0.387 e. The van der Waals surface area contributed by atoms with E-state index in [1.165, 1.54) is 36.0 Å². The van der Waals surface area contributed by atoms with Gasteiger partial charge in [0, 0.05) is 31.0 Å². The number of methoxy groups -OCH3 is 1. The van der Waals surface area contributed by atoms with Crippen molar-refractivity contribution in [2.45, 2.75) is 44.3 Å². The Morgan fingerprint density at radius 1 is 1.24 bits per heavy atom. The van der Waals surface area contributed by atoms with E-state index in [2.05, 4.69) is 10.3 Å². The van der Waals surface area contributed by atoms with E-state index in [1.807, 2.05) is 0 Å². The van der Waals surface area contributed by atoms with Gasteiger partial charge in [-0.1, -0.05) is 0 Å². The van der Waals surface area contributed by atoms with Gasteiger partial charge in [-0.15, -0.1) is 0 Å². The maximum Gasteiger partial charge on any atom is 0.387 e. The molecule has 1 saturated carbocycles. The number of amides is 1. The van der Waals surface area contributed by atoms with Crippen LogP contribution in [0.1, 0.15) is 47.5 Å². The number of halogens is 3. The number of carbonyl (C=O) groups is 1. The lowest BCUT2D eigenvalue weighted by atomic mass is 9.92. The number of hydrogen-bond donors (Lipinski definition) is 1. The summed E-state index contributed by atoms with van der Waals surface area (Å²) in [4.78, 5) is 17.3. The van der Waals surface area contributed by atoms with E-state index in [4.69, 9.17) is 14.2 Å². The number of ether oxygens (including phenoxy) is 3. The number of fused-ring (bicyclic) bond motifs is 1. The van der Waals surface area contributed by atoms with Gasteiger partial charge in [-0.25, -0.2) is 9.37 Å². The van der Waals surface area contributed by atoms with Crippen molar-refractivity contribution in [2.75, 3.05) is 20.3 Å². The second-order valence-corrected chi connectivity index (χ2v) is 8.48. The number of hydrogen-bond acceptors (Lipinski definition) is 5. The quantitative estimate of drug-likeness (QED) is 0.543. The fourth-order valence-electron chi connectivity index (χ4n) is 4.38. The highest BCUT2D eigenvalue weighted by molar-refractivity contribution is 6.02. The fourth-order valence-corrected chi connectivity index (χ4v) is 4.38. The van der Waals surface area contributed by atoms with Gasteiger partial charge in [0.25, 0.3) is 5.91 Å². The van der Waals surface area contributed by atoms with Crippen LogP contribution in [-0.4, -0.2) is 48.3 Å². The fraction of sp³-hybridized carbons (Fsp3) is 0.417. The standard InChI is InChI=1S/C24H24F3N3O4/c1-32-19-5-4-15(22(34-24(26)27)21(19)23(31)29-14-2-3-14)18-11-28-20-10-16(17(25)12-30(18)20)13-6-8-33-9-7-13/h4-5,10-14,24H,2-3,6-9H2,1H3,(H,29,31). The van der Waals surface area contributed by atoms with Gasteiger partial charge in [0.2, 0.25) is 0 Å². The molecule has 1 amide bonds. The summed E-state index contributed by atoms with van der Waals surface area (Å²) in [6, 6.07) is 4.67. The summed E-state index contributed by atoms with van der Waals surface area (Å²) < 4.78 is 59.0. The molecule has 2 aromatic heterocycles. The van der Waals surface area contributed by atoms with E-state index in [0.717, 1.165) is 12.8 Å². The molecule has 1 aliphatic heterocycles. The van der Waals surface area contributed by atoms with Crippen LogP contribution in [0.3, 0.4) is 0 Å². The Kier molecular flexibility index (Phi) is 6.07. The van der Waals surface area contributed by atoms with Crippen LogP contribution in [0.2, 0.25) is 0 Å². The molecule has 1 N–H and O–H groups in total. The van der Waals surface area contributed by atoms with Gasteiger partial charge < -0.3 is 19.5 Å². The van der Waals surface area contributed by atoms with Crippen molar-refractivity contribution in [3.8, 4) is 22.8 Å². The lowest BCUT2D eigenvalue weighted by Gasteiger charge is -2.23. The molecule has 0 radical (unpaired) electrons. The van der Waals surface area contributed by atoms with Crippen molar-refractivity contribution < 1.29 is 32.2 Å². The highest BCUT2D eigenvalue weighted by atomic mass is 19.3. The Morgan fingerprint density at radius 2 is 2.00 bits per heavy atom. The van der Waals surface area contributed by atoms with Crippen LogP contribution in [0.4, 0.5) is 13.2 Å². The molecule has 3 heterocycles. The molecular formula is C24H24F3N3O4. The Balaban J connectivity index is 1.63. The van der Waals surface area contributed by atoms with Gasteiger partial charge in [0.15, 0.2) is 5.75 Å². The first-order valence-corrected chi connectivity index (χ1v) is 11.2. The maximum absolute atomic E-state index is 15.1. The number of carbonyl (C=O) groups excluding carboxylic acids is 1. The van der Waals surface area contributed by atoms with E-state index >= 15 is 4.39 Å². The highest BCUT2D eigenvalue weighted by Gasteiger charge is 2.31. The molecule has 10 heteroatoms. The van der Waals surface area contributed by atoms with Gasteiger partial charge in [0.05, 0.1) is 19.0 Å². The second kappa shape index (κ2) is 9.17. The van der Waals surface area contributed by atoms with Crippen molar-refractivity contribution in [1.29, 1.82) is 0 Å². The first kappa shape index (κ1) is 22.5. The number of nitrogens with zero attached hydrogens (tertiary/aromatic N) is 2. The molecule has 1 saturated heterocycles. The molecule has 7 nitrogen and oxygen atoms in total. The Hall–Kier alpha value is -3.27. The van der Waals surface area contributed by atoms with Crippen LogP contribution in [0.5, 0.6) is 11.5 Å². The minimum absolute atomic E-state index is 0.00577. The summed E-state index contributed by atoms with van der Waals surface area (Å²) in [5, 5.41) is 2.78. The van der Waals surface area contributed by atoms with E-state index in [0.29, 0.717) is 43.0 Å². The number of pyridine rings is 1. The summed E-state index contributed by atoms with van der Waals surface area (Å²) in [5.41, 5.74) is 1.36. The Labute approximate surface area is 193 Å².